The van der Waals surface area contributed by atoms with Gasteiger partial charge in [-0.05, 0) is 50.7 Å². The fraction of sp³-hybridized carbons (Fsp3) is 0.533. The number of aliphatic hydroxyl groups is 1. The largest absolute Gasteiger partial charge is 0.380 e. The average molecular weight is 265 g/mol. The fourth-order valence-corrected chi connectivity index (χ4v) is 2.59. The van der Waals surface area contributed by atoms with Gasteiger partial charge in [0.15, 0.2) is 0 Å². The van der Waals surface area contributed by atoms with Crippen LogP contribution in [0.4, 0.5) is 4.39 Å². The first-order chi connectivity index (χ1) is 9.01. The molecule has 104 valence electrons. The van der Waals surface area contributed by atoms with Crippen molar-refractivity contribution in [3.05, 3.63) is 35.6 Å². The summed E-state index contributed by atoms with van der Waals surface area (Å²) in [6.07, 6.45) is 3.22. The summed E-state index contributed by atoms with van der Waals surface area (Å²) in [4.78, 5) is 12.0. The van der Waals surface area contributed by atoms with Crippen LogP contribution in [0.5, 0.6) is 0 Å². The Morgan fingerprint density at radius 2 is 2.05 bits per heavy atom. The Morgan fingerprint density at radius 1 is 1.42 bits per heavy atom. The first-order valence-electron chi connectivity index (χ1n) is 6.78. The van der Waals surface area contributed by atoms with Crippen molar-refractivity contribution in [2.24, 2.45) is 0 Å². The van der Waals surface area contributed by atoms with Crippen LogP contribution in [0.25, 0.3) is 0 Å². The van der Waals surface area contributed by atoms with Gasteiger partial charge in [0.05, 0.1) is 0 Å². The summed E-state index contributed by atoms with van der Waals surface area (Å²) < 4.78 is 13.5. The number of carbonyl (C=O) groups is 1. The maximum Gasteiger partial charge on any atom is 0.252 e. The first-order valence-corrected chi connectivity index (χ1v) is 6.78. The van der Waals surface area contributed by atoms with Crippen LogP contribution < -0.4 is 5.32 Å². The van der Waals surface area contributed by atoms with Crippen LogP contribution in [0.1, 0.15) is 38.2 Å². The highest BCUT2D eigenvalue weighted by molar-refractivity contribution is 5.85. The third-order valence-corrected chi connectivity index (χ3v) is 3.71. The minimum absolute atomic E-state index is 0.200. The number of carbonyl (C=O) groups excluding carboxylic acids is 1. The summed E-state index contributed by atoms with van der Waals surface area (Å²) in [6.45, 7) is 1.82. The third-order valence-electron chi connectivity index (χ3n) is 3.71. The summed E-state index contributed by atoms with van der Waals surface area (Å²) in [5.74, 6) is -0.586. The Bertz CT molecular complexity index is 455. The number of benzene rings is 1. The van der Waals surface area contributed by atoms with E-state index in [0.29, 0.717) is 24.8 Å². The van der Waals surface area contributed by atoms with Gasteiger partial charge in [0.2, 0.25) is 0 Å². The molecule has 2 rings (SSSR count). The second kappa shape index (κ2) is 5.70. The summed E-state index contributed by atoms with van der Waals surface area (Å²) in [7, 11) is 0. The number of halogens is 1. The number of nitrogens with one attached hydrogen (secondary N) is 1. The Kier molecular flexibility index (Phi) is 4.20. The fourth-order valence-electron chi connectivity index (χ4n) is 2.59. The highest BCUT2D eigenvalue weighted by atomic mass is 19.1. The van der Waals surface area contributed by atoms with Crippen molar-refractivity contribution >= 4 is 5.91 Å². The maximum absolute atomic E-state index is 13.5. The van der Waals surface area contributed by atoms with Gasteiger partial charge in [-0.1, -0.05) is 18.2 Å². The van der Waals surface area contributed by atoms with Gasteiger partial charge in [0.25, 0.3) is 5.91 Å². The normalized spacial score (nSPS) is 19.1. The zero-order valence-electron chi connectivity index (χ0n) is 11.2. The van der Waals surface area contributed by atoms with E-state index < -0.39 is 5.60 Å². The van der Waals surface area contributed by atoms with Crippen LogP contribution in [-0.2, 0) is 11.2 Å². The topological polar surface area (TPSA) is 49.3 Å². The quantitative estimate of drug-likeness (QED) is 0.876. The SMILES string of the molecule is CC(Cc1ccccc1F)NC(=O)C1(O)CCCC1. The molecule has 19 heavy (non-hydrogen) atoms. The molecule has 1 atom stereocenters. The van der Waals surface area contributed by atoms with Crippen molar-refractivity contribution in [2.45, 2.75) is 50.7 Å². The number of hydrogen-bond donors (Lipinski definition) is 2. The molecular formula is C15H20FNO2. The molecular weight excluding hydrogens is 245 g/mol. The van der Waals surface area contributed by atoms with E-state index in [2.05, 4.69) is 5.32 Å². The van der Waals surface area contributed by atoms with Crippen LogP contribution in [0.2, 0.25) is 0 Å². The molecule has 1 aliphatic rings. The summed E-state index contributed by atoms with van der Waals surface area (Å²) in [5, 5.41) is 12.9. The maximum atomic E-state index is 13.5. The smallest absolute Gasteiger partial charge is 0.252 e. The van der Waals surface area contributed by atoms with Gasteiger partial charge in [0.1, 0.15) is 11.4 Å². The summed E-state index contributed by atoms with van der Waals surface area (Å²) in [5.41, 5.74) is -0.641. The molecule has 1 aromatic rings. The lowest BCUT2D eigenvalue weighted by Crippen LogP contribution is -2.48. The van der Waals surface area contributed by atoms with Crippen molar-refractivity contribution in [2.75, 3.05) is 0 Å². The minimum atomic E-state index is -1.22. The van der Waals surface area contributed by atoms with Crippen LogP contribution >= 0.6 is 0 Å². The Morgan fingerprint density at radius 3 is 2.68 bits per heavy atom. The monoisotopic (exact) mass is 265 g/mol. The lowest BCUT2D eigenvalue weighted by atomic mass is 10.00. The first kappa shape index (κ1) is 14.0. The molecule has 3 nitrogen and oxygen atoms in total. The van der Waals surface area contributed by atoms with Crippen molar-refractivity contribution in [3.63, 3.8) is 0 Å². The van der Waals surface area contributed by atoms with E-state index in [-0.39, 0.29) is 17.8 Å². The van der Waals surface area contributed by atoms with E-state index in [0.717, 1.165) is 12.8 Å². The molecule has 1 unspecified atom stereocenters. The standard InChI is InChI=1S/C15H20FNO2/c1-11(10-12-6-2-3-7-13(12)16)17-14(18)15(19)8-4-5-9-15/h2-3,6-7,11,19H,4-5,8-10H2,1H3,(H,17,18). The van der Waals surface area contributed by atoms with E-state index in [9.17, 15) is 14.3 Å². The molecule has 1 aromatic carbocycles. The summed E-state index contributed by atoms with van der Waals surface area (Å²) in [6, 6.07) is 6.34. The molecule has 0 aliphatic heterocycles. The van der Waals surface area contributed by atoms with Crippen LogP contribution in [0.15, 0.2) is 24.3 Å². The van der Waals surface area contributed by atoms with Gasteiger partial charge in [0, 0.05) is 6.04 Å². The molecule has 0 bridgehead atoms. The van der Waals surface area contributed by atoms with Crippen molar-refractivity contribution in [3.8, 4) is 0 Å². The minimum Gasteiger partial charge on any atom is -0.380 e. The van der Waals surface area contributed by atoms with E-state index in [4.69, 9.17) is 0 Å². The molecule has 1 fully saturated rings. The van der Waals surface area contributed by atoms with Gasteiger partial charge >= 0.3 is 0 Å². The molecule has 1 saturated carbocycles. The summed E-state index contributed by atoms with van der Waals surface area (Å²) >= 11 is 0. The van der Waals surface area contributed by atoms with Crippen molar-refractivity contribution in [1.29, 1.82) is 0 Å². The molecule has 0 radical (unpaired) electrons. The number of hydrogen-bond acceptors (Lipinski definition) is 2. The third kappa shape index (κ3) is 3.32. The highest BCUT2D eigenvalue weighted by Gasteiger charge is 2.39. The zero-order chi connectivity index (χ0) is 13.9. The lowest BCUT2D eigenvalue weighted by Gasteiger charge is -2.24. The van der Waals surface area contributed by atoms with Crippen molar-refractivity contribution < 1.29 is 14.3 Å². The molecule has 0 saturated heterocycles. The van der Waals surface area contributed by atoms with E-state index in [1.54, 1.807) is 18.2 Å². The van der Waals surface area contributed by atoms with Gasteiger partial charge in [-0.3, -0.25) is 4.79 Å². The van der Waals surface area contributed by atoms with Crippen LogP contribution in [0.3, 0.4) is 0 Å². The van der Waals surface area contributed by atoms with Gasteiger partial charge in [-0.2, -0.15) is 0 Å². The molecule has 0 aromatic heterocycles. The van der Waals surface area contributed by atoms with E-state index in [1.165, 1.54) is 6.07 Å². The van der Waals surface area contributed by atoms with Gasteiger partial charge < -0.3 is 10.4 Å². The lowest BCUT2D eigenvalue weighted by molar-refractivity contribution is -0.139. The molecule has 0 heterocycles. The highest BCUT2D eigenvalue weighted by Crippen LogP contribution is 2.29. The molecule has 2 N–H and O–H groups in total. The van der Waals surface area contributed by atoms with E-state index in [1.807, 2.05) is 6.92 Å². The zero-order valence-corrected chi connectivity index (χ0v) is 11.2. The molecule has 0 spiro atoms. The number of amides is 1. The Balaban J connectivity index is 1.93. The second-order valence-electron chi connectivity index (χ2n) is 5.41. The molecule has 1 aliphatic carbocycles. The second-order valence-corrected chi connectivity index (χ2v) is 5.41. The Labute approximate surface area is 112 Å². The Hall–Kier alpha value is -1.42. The van der Waals surface area contributed by atoms with E-state index >= 15 is 0 Å². The predicted molar refractivity (Wildman–Crippen MR) is 71.1 cm³/mol. The molecule has 4 heteroatoms. The average Bonchev–Trinajstić information content (AvgIpc) is 2.80. The van der Waals surface area contributed by atoms with Crippen LogP contribution in [-0.4, -0.2) is 22.7 Å². The van der Waals surface area contributed by atoms with Gasteiger partial charge in [-0.15, -0.1) is 0 Å². The predicted octanol–water partition coefficient (Wildman–Crippen LogP) is 2.18. The van der Waals surface area contributed by atoms with Crippen molar-refractivity contribution in [1.82, 2.24) is 5.32 Å². The number of rotatable bonds is 4. The van der Waals surface area contributed by atoms with Crippen LogP contribution in [0, 0.1) is 5.82 Å². The molecule has 1 amide bonds. The van der Waals surface area contributed by atoms with Gasteiger partial charge in [-0.25, -0.2) is 4.39 Å².